The first-order chi connectivity index (χ1) is 14.5. The number of carbonyl (C=O) groups excluding carboxylic acids is 2. The fourth-order valence-corrected chi connectivity index (χ4v) is 3.81. The minimum absolute atomic E-state index is 0.0717. The lowest BCUT2D eigenvalue weighted by molar-refractivity contribution is -0.125. The number of anilines is 1. The van der Waals surface area contributed by atoms with E-state index < -0.39 is 0 Å². The standard InChI is InChI=1S/C22H23ClN4O3/c1-3-16(21-24-17-6-5-15(23)11-18(17)25-21)26-22(29)14-4-7-19(13(2)10-14)27-8-9-30-12-20(27)28/h4-7,10-11,16H,3,8-9,12H2,1-2H3,(H,24,25)(H,26,29)/t16-/m0/s1. The molecule has 0 bridgehead atoms. The van der Waals surface area contributed by atoms with Gasteiger partial charge < -0.3 is 19.9 Å². The average molecular weight is 427 g/mol. The van der Waals surface area contributed by atoms with Gasteiger partial charge in [0.15, 0.2) is 0 Å². The number of nitrogens with one attached hydrogen (secondary N) is 2. The third kappa shape index (κ3) is 4.04. The number of amides is 2. The van der Waals surface area contributed by atoms with Gasteiger partial charge in [-0.25, -0.2) is 4.98 Å². The summed E-state index contributed by atoms with van der Waals surface area (Å²) in [5.74, 6) is 0.427. The molecule has 2 amide bonds. The number of hydrogen-bond donors (Lipinski definition) is 2. The van der Waals surface area contributed by atoms with Crippen LogP contribution in [0.2, 0.25) is 5.02 Å². The Morgan fingerprint density at radius 1 is 1.33 bits per heavy atom. The first-order valence-electron chi connectivity index (χ1n) is 9.91. The van der Waals surface area contributed by atoms with E-state index in [-0.39, 0.29) is 24.5 Å². The second-order valence-electron chi connectivity index (χ2n) is 7.32. The van der Waals surface area contributed by atoms with Crippen LogP contribution >= 0.6 is 11.6 Å². The monoisotopic (exact) mass is 426 g/mol. The van der Waals surface area contributed by atoms with Gasteiger partial charge in [0.25, 0.3) is 11.8 Å². The van der Waals surface area contributed by atoms with Crippen LogP contribution in [0.3, 0.4) is 0 Å². The molecule has 2 aromatic carbocycles. The Balaban J connectivity index is 1.53. The molecule has 4 rings (SSSR count). The summed E-state index contributed by atoms with van der Waals surface area (Å²) < 4.78 is 5.19. The summed E-state index contributed by atoms with van der Waals surface area (Å²) in [6, 6.07) is 10.6. The molecular formula is C22H23ClN4O3. The first-order valence-corrected chi connectivity index (χ1v) is 10.3. The van der Waals surface area contributed by atoms with Crippen molar-refractivity contribution >= 4 is 40.1 Å². The Morgan fingerprint density at radius 3 is 2.90 bits per heavy atom. The zero-order valence-electron chi connectivity index (χ0n) is 16.9. The minimum atomic E-state index is -0.260. The van der Waals surface area contributed by atoms with Gasteiger partial charge >= 0.3 is 0 Å². The van der Waals surface area contributed by atoms with Crippen LogP contribution < -0.4 is 10.2 Å². The number of aromatic nitrogens is 2. The summed E-state index contributed by atoms with van der Waals surface area (Å²) in [7, 11) is 0. The molecule has 0 radical (unpaired) electrons. The molecule has 0 spiro atoms. The molecule has 1 aliphatic heterocycles. The number of morpholine rings is 1. The van der Waals surface area contributed by atoms with Crippen LogP contribution in [0.25, 0.3) is 11.0 Å². The summed E-state index contributed by atoms with van der Waals surface area (Å²) >= 11 is 6.04. The van der Waals surface area contributed by atoms with E-state index in [9.17, 15) is 9.59 Å². The van der Waals surface area contributed by atoms with Crippen LogP contribution in [0.1, 0.15) is 41.1 Å². The van der Waals surface area contributed by atoms with Gasteiger partial charge in [-0.05, 0) is 55.3 Å². The predicted molar refractivity (Wildman–Crippen MR) is 116 cm³/mol. The number of benzene rings is 2. The number of imidazole rings is 1. The van der Waals surface area contributed by atoms with E-state index in [2.05, 4.69) is 15.3 Å². The van der Waals surface area contributed by atoms with Crippen LogP contribution in [0.15, 0.2) is 36.4 Å². The molecular weight excluding hydrogens is 404 g/mol. The van der Waals surface area contributed by atoms with Gasteiger partial charge in [-0.2, -0.15) is 0 Å². The topological polar surface area (TPSA) is 87.3 Å². The molecule has 2 heterocycles. The predicted octanol–water partition coefficient (Wildman–Crippen LogP) is 3.77. The zero-order valence-corrected chi connectivity index (χ0v) is 17.6. The lowest BCUT2D eigenvalue weighted by Gasteiger charge is -2.28. The Morgan fingerprint density at radius 2 is 2.17 bits per heavy atom. The van der Waals surface area contributed by atoms with Gasteiger partial charge in [0.1, 0.15) is 12.4 Å². The molecule has 1 saturated heterocycles. The normalized spacial score (nSPS) is 15.4. The number of ether oxygens (including phenoxy) is 1. The van der Waals surface area contributed by atoms with E-state index in [0.29, 0.717) is 36.0 Å². The van der Waals surface area contributed by atoms with Crippen molar-refractivity contribution in [1.82, 2.24) is 15.3 Å². The molecule has 8 heteroatoms. The second-order valence-corrected chi connectivity index (χ2v) is 7.75. The summed E-state index contributed by atoms with van der Waals surface area (Å²) in [5.41, 5.74) is 3.85. The van der Waals surface area contributed by atoms with Gasteiger partial charge in [-0.3, -0.25) is 9.59 Å². The number of aromatic amines is 1. The van der Waals surface area contributed by atoms with E-state index in [0.717, 1.165) is 22.3 Å². The lowest BCUT2D eigenvalue weighted by Crippen LogP contribution is -2.42. The number of H-pyrrole nitrogens is 1. The molecule has 1 aliphatic rings. The highest BCUT2D eigenvalue weighted by Crippen LogP contribution is 2.25. The van der Waals surface area contributed by atoms with Crippen LogP contribution in [-0.4, -0.2) is 41.5 Å². The molecule has 3 aromatic rings. The van der Waals surface area contributed by atoms with Gasteiger partial charge in [0, 0.05) is 22.8 Å². The van der Waals surface area contributed by atoms with Crippen molar-refractivity contribution in [1.29, 1.82) is 0 Å². The van der Waals surface area contributed by atoms with E-state index >= 15 is 0 Å². The largest absolute Gasteiger partial charge is 0.370 e. The van der Waals surface area contributed by atoms with Crippen LogP contribution in [0.4, 0.5) is 5.69 Å². The van der Waals surface area contributed by atoms with E-state index in [1.807, 2.05) is 26.0 Å². The van der Waals surface area contributed by atoms with Crippen LogP contribution in [0.5, 0.6) is 0 Å². The zero-order chi connectivity index (χ0) is 21.3. The Bertz CT molecular complexity index is 1110. The van der Waals surface area contributed by atoms with Crippen LogP contribution in [-0.2, 0) is 9.53 Å². The number of nitrogens with zero attached hydrogens (tertiary/aromatic N) is 2. The lowest BCUT2D eigenvalue weighted by atomic mass is 10.1. The van der Waals surface area contributed by atoms with Crippen molar-refractivity contribution < 1.29 is 14.3 Å². The molecule has 0 saturated carbocycles. The highest BCUT2D eigenvalue weighted by Gasteiger charge is 2.23. The first kappa shape index (κ1) is 20.4. The Hall–Kier alpha value is -2.90. The number of hydrogen-bond acceptors (Lipinski definition) is 4. The maximum Gasteiger partial charge on any atom is 0.253 e. The molecule has 1 fully saturated rings. The van der Waals surface area contributed by atoms with Gasteiger partial charge in [-0.15, -0.1) is 0 Å². The van der Waals surface area contributed by atoms with Gasteiger partial charge in [0.2, 0.25) is 0 Å². The molecule has 0 unspecified atom stereocenters. The third-order valence-corrected chi connectivity index (χ3v) is 5.48. The molecule has 156 valence electrons. The molecule has 30 heavy (non-hydrogen) atoms. The van der Waals surface area contributed by atoms with Gasteiger partial charge in [0.05, 0.1) is 23.7 Å². The SMILES string of the molecule is CC[C@H](NC(=O)c1ccc(N2CCOCC2=O)c(C)c1)c1nc2cc(Cl)ccc2[nH]1. The Kier molecular flexibility index (Phi) is 5.74. The second kappa shape index (κ2) is 8.45. The number of fused-ring (bicyclic) bond motifs is 1. The molecule has 2 N–H and O–H groups in total. The maximum atomic E-state index is 12.9. The quantitative estimate of drug-likeness (QED) is 0.650. The van der Waals surface area contributed by atoms with Crippen molar-refractivity contribution in [2.75, 3.05) is 24.7 Å². The van der Waals surface area contributed by atoms with E-state index in [4.69, 9.17) is 16.3 Å². The fraction of sp³-hybridized carbons (Fsp3) is 0.318. The van der Waals surface area contributed by atoms with Crippen LogP contribution in [0, 0.1) is 6.92 Å². The number of carbonyl (C=O) groups is 2. The number of halogens is 1. The Labute approximate surface area is 179 Å². The summed E-state index contributed by atoms with van der Waals surface area (Å²) in [4.78, 5) is 34.5. The third-order valence-electron chi connectivity index (χ3n) is 5.24. The molecule has 1 atom stereocenters. The number of aryl methyl sites for hydroxylation is 1. The molecule has 0 aliphatic carbocycles. The van der Waals surface area contributed by atoms with Crippen molar-refractivity contribution in [2.24, 2.45) is 0 Å². The minimum Gasteiger partial charge on any atom is -0.370 e. The smallest absolute Gasteiger partial charge is 0.253 e. The van der Waals surface area contributed by atoms with E-state index in [1.54, 1.807) is 29.2 Å². The molecule has 7 nitrogen and oxygen atoms in total. The molecule has 1 aromatic heterocycles. The average Bonchev–Trinajstić information content (AvgIpc) is 3.15. The highest BCUT2D eigenvalue weighted by molar-refractivity contribution is 6.31. The summed E-state index contributed by atoms with van der Waals surface area (Å²) in [6.45, 7) is 4.99. The van der Waals surface area contributed by atoms with Crippen molar-refractivity contribution in [2.45, 2.75) is 26.3 Å². The van der Waals surface area contributed by atoms with Crippen molar-refractivity contribution in [3.05, 3.63) is 58.4 Å². The van der Waals surface area contributed by atoms with Crippen molar-refractivity contribution in [3.63, 3.8) is 0 Å². The van der Waals surface area contributed by atoms with E-state index in [1.165, 1.54) is 0 Å². The fourth-order valence-electron chi connectivity index (χ4n) is 3.64. The van der Waals surface area contributed by atoms with Crippen molar-refractivity contribution in [3.8, 4) is 0 Å². The maximum absolute atomic E-state index is 12.9. The summed E-state index contributed by atoms with van der Waals surface area (Å²) in [6.07, 6.45) is 0.679. The highest BCUT2D eigenvalue weighted by atomic mass is 35.5. The number of rotatable bonds is 5. The van der Waals surface area contributed by atoms with Gasteiger partial charge in [-0.1, -0.05) is 18.5 Å². The summed E-state index contributed by atoms with van der Waals surface area (Å²) in [5, 5.41) is 3.66.